The predicted octanol–water partition coefficient (Wildman–Crippen LogP) is 4.47. The number of benzene rings is 3. The number of nitrogens with zero attached hydrogens (tertiary/aromatic N) is 1. The second-order valence-electron chi connectivity index (χ2n) is 8.76. The molecule has 5 rings (SSSR count). The summed E-state index contributed by atoms with van der Waals surface area (Å²) in [5.74, 6) is -0.482. The molecule has 1 aromatic heterocycles. The van der Waals surface area contributed by atoms with Gasteiger partial charge in [0.2, 0.25) is 5.89 Å². The van der Waals surface area contributed by atoms with Gasteiger partial charge in [-0.2, -0.15) is 0 Å². The van der Waals surface area contributed by atoms with Gasteiger partial charge in [-0.25, -0.2) is 14.2 Å². The molecule has 0 atom stereocenters. The maximum Gasteiger partial charge on any atom is 0.328 e. The van der Waals surface area contributed by atoms with E-state index in [1.807, 2.05) is 0 Å². The number of barbiturate groups is 1. The summed E-state index contributed by atoms with van der Waals surface area (Å²) in [5, 5.41) is 4.16. The van der Waals surface area contributed by atoms with Crippen LogP contribution in [0.5, 0.6) is 17.2 Å². The fourth-order valence-electron chi connectivity index (χ4n) is 4.04. The minimum absolute atomic E-state index is 0. The Bertz CT molecular complexity index is 1520. The smallest absolute Gasteiger partial charge is 0.328 e. The largest absolute Gasteiger partial charge is 0.467 e. The summed E-state index contributed by atoms with van der Waals surface area (Å²) in [4.78, 5) is 41.3. The Labute approximate surface area is 256 Å². The molecular weight excluding hydrogens is 544 g/mol. The van der Waals surface area contributed by atoms with Crippen molar-refractivity contribution in [2.24, 2.45) is 0 Å². The first-order valence-electron chi connectivity index (χ1n) is 12.4. The van der Waals surface area contributed by atoms with Crippen molar-refractivity contribution in [1.82, 2.24) is 15.6 Å². The van der Waals surface area contributed by atoms with E-state index in [0.29, 0.717) is 40.8 Å². The van der Waals surface area contributed by atoms with Crippen molar-refractivity contribution < 1.29 is 37.4 Å². The van der Waals surface area contributed by atoms with E-state index >= 15 is 0 Å². The summed E-state index contributed by atoms with van der Waals surface area (Å²) in [6.45, 7) is 2.24. The predicted molar refractivity (Wildman–Crippen MR) is 146 cm³/mol. The molecule has 0 aliphatic carbocycles. The van der Waals surface area contributed by atoms with Crippen LogP contribution in [0.3, 0.4) is 0 Å². The van der Waals surface area contributed by atoms with Crippen LogP contribution >= 0.6 is 0 Å². The number of nitrogens with one attached hydrogen (secondary N) is 2. The summed E-state index contributed by atoms with van der Waals surface area (Å²) >= 11 is 0. The number of aromatic nitrogens is 1. The molecule has 1 radical (unpaired) electrons. The van der Waals surface area contributed by atoms with Crippen molar-refractivity contribution in [3.63, 3.8) is 0 Å². The molecule has 205 valence electrons. The van der Waals surface area contributed by atoms with Crippen LogP contribution in [0.25, 0.3) is 22.7 Å². The Morgan fingerprint density at radius 2 is 1.51 bits per heavy atom. The van der Waals surface area contributed by atoms with Crippen LogP contribution in [0.1, 0.15) is 13.3 Å². The minimum atomic E-state index is -1.96. The average molecular weight is 569 g/mol. The molecule has 0 saturated carbocycles. The number of rotatable bonds is 10. The Morgan fingerprint density at radius 1 is 0.878 bits per heavy atom. The minimum Gasteiger partial charge on any atom is -0.467 e. The van der Waals surface area contributed by atoms with E-state index in [4.69, 9.17) is 18.6 Å². The number of halogens is 1. The number of amides is 4. The van der Waals surface area contributed by atoms with Crippen LogP contribution < -0.4 is 20.1 Å². The number of carbonyl (C=O) groups excluding carboxylic acids is 3. The van der Waals surface area contributed by atoms with Gasteiger partial charge in [0.25, 0.3) is 17.4 Å². The van der Waals surface area contributed by atoms with E-state index in [0.717, 1.165) is 0 Å². The average Bonchev–Trinajstić information content (AvgIpc) is 3.44. The zero-order valence-corrected chi connectivity index (χ0v) is 24.3. The van der Waals surface area contributed by atoms with Crippen molar-refractivity contribution in [2.45, 2.75) is 18.9 Å². The quantitative estimate of drug-likeness (QED) is 0.163. The van der Waals surface area contributed by atoms with Crippen molar-refractivity contribution in [2.75, 3.05) is 13.2 Å². The number of urea groups is 1. The number of ether oxygens (including phenoxy) is 3. The monoisotopic (exact) mass is 568 g/mol. The second-order valence-corrected chi connectivity index (χ2v) is 8.76. The third-order valence-electron chi connectivity index (χ3n) is 6.07. The molecule has 0 spiro atoms. The van der Waals surface area contributed by atoms with Gasteiger partial charge < -0.3 is 18.6 Å². The maximum atomic E-state index is 13.5. The molecule has 0 unspecified atom stereocenters. The fourth-order valence-corrected chi connectivity index (χ4v) is 4.04. The number of hydrogen-bond donors (Lipinski definition) is 2. The van der Waals surface area contributed by atoms with Crippen LogP contribution in [-0.4, -0.2) is 71.2 Å². The molecular formula is C29H24FN3NaO7. The van der Waals surface area contributed by atoms with E-state index in [1.165, 1.54) is 18.4 Å². The Kier molecular flexibility index (Phi) is 9.56. The van der Waals surface area contributed by atoms with Crippen LogP contribution in [0.4, 0.5) is 9.18 Å². The van der Waals surface area contributed by atoms with Gasteiger partial charge in [0, 0.05) is 53.7 Å². The van der Waals surface area contributed by atoms with E-state index < -0.39 is 23.4 Å². The van der Waals surface area contributed by atoms with Gasteiger partial charge in [0.05, 0.1) is 6.61 Å². The number of hydrogen-bond acceptors (Lipinski definition) is 8. The van der Waals surface area contributed by atoms with Gasteiger partial charge in [-0.1, -0.05) is 12.1 Å². The third kappa shape index (κ3) is 6.83. The summed E-state index contributed by atoms with van der Waals surface area (Å²) in [6, 6.07) is 18.5. The Hall–Kier alpha value is -4.03. The first-order chi connectivity index (χ1) is 19.4. The van der Waals surface area contributed by atoms with Crippen LogP contribution in [0.15, 0.2) is 83.5 Å². The van der Waals surface area contributed by atoms with Gasteiger partial charge in [0.15, 0.2) is 0 Å². The molecule has 2 N–H and O–H groups in total. The number of imide groups is 2. The summed E-state index contributed by atoms with van der Waals surface area (Å²) in [6.07, 6.45) is 1.38. The molecule has 1 aliphatic heterocycles. The van der Waals surface area contributed by atoms with E-state index in [-0.39, 0.29) is 54.2 Å². The fraction of sp³-hybridized carbons (Fsp3) is 0.172. The summed E-state index contributed by atoms with van der Waals surface area (Å²) < 4.78 is 36.1. The van der Waals surface area contributed by atoms with Gasteiger partial charge >= 0.3 is 6.03 Å². The molecule has 4 aromatic rings. The van der Waals surface area contributed by atoms with Crippen LogP contribution in [-0.2, 0) is 14.3 Å². The number of oxazole rings is 1. The number of carbonyl (C=O) groups is 3. The topological polar surface area (TPSA) is 129 Å². The van der Waals surface area contributed by atoms with E-state index in [1.54, 1.807) is 67.6 Å². The summed E-state index contributed by atoms with van der Waals surface area (Å²) in [7, 11) is 0. The van der Waals surface area contributed by atoms with E-state index in [2.05, 4.69) is 15.6 Å². The van der Waals surface area contributed by atoms with Gasteiger partial charge in [-0.3, -0.25) is 20.2 Å². The Balaban J connectivity index is 0.00000387. The van der Waals surface area contributed by atoms with E-state index in [9.17, 15) is 18.8 Å². The SMILES string of the molecule is CCOCCC1(Oc2ccc(Oc3ccc(-c4nc(-c5cccc(F)c5)co4)cc3)cc2)C(=O)NC(=O)NC1=O.[Na]. The zero-order chi connectivity index (χ0) is 28.1. The second kappa shape index (κ2) is 13.1. The van der Waals surface area contributed by atoms with Crippen LogP contribution in [0.2, 0.25) is 0 Å². The van der Waals surface area contributed by atoms with Gasteiger partial charge in [-0.05, 0) is 67.6 Å². The first kappa shape index (κ1) is 29.9. The van der Waals surface area contributed by atoms with Gasteiger partial charge in [0.1, 0.15) is 35.0 Å². The first-order valence-corrected chi connectivity index (χ1v) is 12.4. The van der Waals surface area contributed by atoms with Crippen molar-refractivity contribution in [1.29, 1.82) is 0 Å². The summed E-state index contributed by atoms with van der Waals surface area (Å²) in [5.41, 5.74) is -0.124. The molecule has 12 heteroatoms. The molecule has 4 amide bonds. The third-order valence-corrected chi connectivity index (χ3v) is 6.07. The zero-order valence-electron chi connectivity index (χ0n) is 22.3. The standard InChI is InChI=1S/C29H24FN3O7.Na/c1-2-37-15-14-29(26(34)32-28(36)33-27(29)35)40-23-12-10-22(11-13-23)39-21-8-6-18(7-9-21)25-31-24(17-38-25)19-4-3-5-20(30)16-19;/h3-13,16-17H,2,14-15H2,1H3,(H2,32,33,34,35,36);. The molecule has 3 aromatic carbocycles. The Morgan fingerprint density at radius 3 is 2.15 bits per heavy atom. The molecule has 2 heterocycles. The molecule has 41 heavy (non-hydrogen) atoms. The van der Waals surface area contributed by atoms with Crippen molar-refractivity contribution in [3.8, 4) is 40.0 Å². The van der Waals surface area contributed by atoms with Crippen LogP contribution in [0, 0.1) is 5.82 Å². The van der Waals surface area contributed by atoms with Crippen molar-refractivity contribution in [3.05, 3.63) is 84.9 Å². The van der Waals surface area contributed by atoms with Crippen molar-refractivity contribution >= 4 is 47.4 Å². The molecule has 10 nitrogen and oxygen atoms in total. The molecule has 1 aliphatic rings. The normalized spacial score (nSPS) is 14.0. The van der Waals surface area contributed by atoms with Gasteiger partial charge in [-0.15, -0.1) is 0 Å². The molecule has 1 fully saturated rings. The maximum absolute atomic E-state index is 13.5. The molecule has 1 saturated heterocycles. The molecule has 0 bridgehead atoms.